The van der Waals surface area contributed by atoms with Gasteiger partial charge >= 0.3 is 0 Å². The second-order valence-corrected chi connectivity index (χ2v) is 5.53. The topological polar surface area (TPSA) is 29.5 Å². The summed E-state index contributed by atoms with van der Waals surface area (Å²) in [6.45, 7) is 3.04. The lowest BCUT2D eigenvalue weighted by Gasteiger charge is -2.33. The van der Waals surface area contributed by atoms with Gasteiger partial charge in [-0.15, -0.1) is 0 Å². The van der Waals surface area contributed by atoms with E-state index in [9.17, 15) is 4.79 Å². The van der Waals surface area contributed by atoms with Gasteiger partial charge in [-0.25, -0.2) is 0 Å². The van der Waals surface area contributed by atoms with Crippen molar-refractivity contribution in [3.05, 3.63) is 29.3 Å². The first-order valence-corrected chi connectivity index (χ1v) is 7.21. The number of rotatable bonds is 3. The van der Waals surface area contributed by atoms with E-state index in [4.69, 9.17) is 4.74 Å². The Balaban J connectivity index is 1.97. The minimum absolute atomic E-state index is 0.326. The number of ether oxygens (including phenoxy) is 1. The Morgan fingerprint density at radius 3 is 3.00 bits per heavy atom. The zero-order valence-corrected chi connectivity index (χ0v) is 11.7. The van der Waals surface area contributed by atoms with Gasteiger partial charge in [-0.3, -0.25) is 4.79 Å². The van der Waals surface area contributed by atoms with Gasteiger partial charge in [-0.05, 0) is 36.5 Å². The van der Waals surface area contributed by atoms with Crippen molar-refractivity contribution in [2.24, 2.45) is 0 Å². The Hall–Kier alpha value is -1.51. The molecule has 19 heavy (non-hydrogen) atoms. The Bertz CT molecular complexity index is 498. The molecule has 0 unspecified atom stereocenters. The van der Waals surface area contributed by atoms with Gasteiger partial charge in [0.05, 0.1) is 7.11 Å². The van der Waals surface area contributed by atoms with Gasteiger partial charge in [0, 0.05) is 24.9 Å². The van der Waals surface area contributed by atoms with Gasteiger partial charge < -0.3 is 9.64 Å². The molecule has 3 rings (SSSR count). The molecule has 0 saturated carbocycles. The lowest BCUT2D eigenvalue weighted by molar-refractivity contribution is -0.129. The van der Waals surface area contributed by atoms with E-state index in [1.807, 2.05) is 12.1 Å². The molecular weight excluding hydrogens is 238 g/mol. The quantitative estimate of drug-likeness (QED) is 0.835. The van der Waals surface area contributed by atoms with Crippen molar-refractivity contribution < 1.29 is 9.53 Å². The van der Waals surface area contributed by atoms with Crippen LogP contribution in [0.15, 0.2) is 18.2 Å². The van der Waals surface area contributed by atoms with Crippen LogP contribution in [0, 0.1) is 0 Å². The van der Waals surface area contributed by atoms with E-state index in [1.54, 1.807) is 7.11 Å². The maximum Gasteiger partial charge on any atom is 0.223 e. The molecule has 1 heterocycles. The molecule has 3 nitrogen and oxygen atoms in total. The number of hydrogen-bond acceptors (Lipinski definition) is 2. The summed E-state index contributed by atoms with van der Waals surface area (Å²) in [7, 11) is 1.73. The third-order valence-electron chi connectivity index (χ3n) is 4.52. The van der Waals surface area contributed by atoms with Gasteiger partial charge in [0.15, 0.2) is 0 Å². The zero-order chi connectivity index (χ0) is 13.4. The van der Waals surface area contributed by atoms with Crippen molar-refractivity contribution >= 4 is 5.91 Å². The second-order valence-electron chi connectivity index (χ2n) is 5.53. The van der Waals surface area contributed by atoms with Crippen molar-refractivity contribution in [2.45, 2.75) is 44.6 Å². The molecule has 0 aromatic heterocycles. The summed E-state index contributed by atoms with van der Waals surface area (Å²) >= 11 is 0. The normalized spacial score (nSPS) is 25.2. The van der Waals surface area contributed by atoms with E-state index in [1.165, 1.54) is 11.1 Å². The number of fused-ring (bicyclic) bond motifs is 3. The number of carbonyl (C=O) groups is 1. The smallest absolute Gasteiger partial charge is 0.223 e. The van der Waals surface area contributed by atoms with Crippen molar-refractivity contribution in [2.75, 3.05) is 13.7 Å². The van der Waals surface area contributed by atoms with Crippen LogP contribution in [0.3, 0.4) is 0 Å². The molecular formula is C16H21NO2. The molecule has 1 aliphatic carbocycles. The molecule has 102 valence electrons. The van der Waals surface area contributed by atoms with E-state index in [2.05, 4.69) is 17.9 Å². The Morgan fingerprint density at radius 2 is 2.26 bits per heavy atom. The number of amides is 1. The third-order valence-corrected chi connectivity index (χ3v) is 4.52. The SMILES string of the molecule is CCCN1C(=O)C[C@@H]2c3cccc(OC)c3CC[C@@H]21. The fraction of sp³-hybridized carbons (Fsp3) is 0.562. The number of nitrogens with zero attached hydrogens (tertiary/aromatic N) is 1. The van der Waals surface area contributed by atoms with Crippen LogP contribution in [0.2, 0.25) is 0 Å². The summed E-state index contributed by atoms with van der Waals surface area (Å²) in [5, 5.41) is 0. The standard InChI is InChI=1S/C16H21NO2/c1-3-9-17-14-8-7-12-11(13(14)10-16(17)18)5-4-6-15(12)19-2/h4-6,13-14H,3,7-10H2,1-2H3/t13-,14+/m1/s1. The average Bonchev–Trinajstić information content (AvgIpc) is 2.75. The summed E-state index contributed by atoms with van der Waals surface area (Å²) in [6, 6.07) is 6.66. The largest absolute Gasteiger partial charge is 0.496 e. The third kappa shape index (κ3) is 1.92. The lowest BCUT2D eigenvalue weighted by Crippen LogP contribution is -2.37. The molecule has 1 aromatic carbocycles. The van der Waals surface area contributed by atoms with Gasteiger partial charge in [-0.1, -0.05) is 19.1 Å². The van der Waals surface area contributed by atoms with Crippen LogP contribution in [-0.2, 0) is 11.2 Å². The van der Waals surface area contributed by atoms with Crippen LogP contribution in [0.1, 0.15) is 43.2 Å². The molecule has 1 aromatic rings. The first-order chi connectivity index (χ1) is 9.26. The molecule has 0 radical (unpaired) electrons. The zero-order valence-electron chi connectivity index (χ0n) is 11.7. The van der Waals surface area contributed by atoms with E-state index in [0.717, 1.165) is 31.6 Å². The fourth-order valence-corrected chi connectivity index (χ4v) is 3.73. The first kappa shape index (κ1) is 12.5. The highest BCUT2D eigenvalue weighted by molar-refractivity contribution is 5.81. The maximum absolute atomic E-state index is 12.2. The maximum atomic E-state index is 12.2. The van der Waals surface area contributed by atoms with Crippen LogP contribution in [0.5, 0.6) is 5.75 Å². The Kier molecular flexibility index (Phi) is 3.21. The molecule has 2 aliphatic rings. The van der Waals surface area contributed by atoms with Gasteiger partial charge in [-0.2, -0.15) is 0 Å². The van der Waals surface area contributed by atoms with E-state index >= 15 is 0 Å². The van der Waals surface area contributed by atoms with Crippen molar-refractivity contribution in [3.63, 3.8) is 0 Å². The van der Waals surface area contributed by atoms with Crippen LogP contribution >= 0.6 is 0 Å². The molecule has 1 fully saturated rings. The summed E-state index contributed by atoms with van der Waals surface area (Å²) in [4.78, 5) is 14.3. The summed E-state index contributed by atoms with van der Waals surface area (Å²) in [6.07, 6.45) is 3.81. The highest BCUT2D eigenvalue weighted by atomic mass is 16.5. The van der Waals surface area contributed by atoms with Crippen LogP contribution in [0.4, 0.5) is 0 Å². The van der Waals surface area contributed by atoms with Gasteiger partial charge in [0.1, 0.15) is 5.75 Å². The number of methoxy groups -OCH3 is 1. The highest BCUT2D eigenvalue weighted by Gasteiger charge is 2.43. The van der Waals surface area contributed by atoms with Crippen LogP contribution < -0.4 is 4.74 Å². The van der Waals surface area contributed by atoms with Crippen molar-refractivity contribution in [1.82, 2.24) is 4.90 Å². The lowest BCUT2D eigenvalue weighted by atomic mass is 9.79. The number of carbonyl (C=O) groups excluding carboxylic acids is 1. The second kappa shape index (κ2) is 4.87. The van der Waals surface area contributed by atoms with Crippen LogP contribution in [0.25, 0.3) is 0 Å². The molecule has 0 spiro atoms. The minimum atomic E-state index is 0.326. The molecule has 1 aliphatic heterocycles. The van der Waals surface area contributed by atoms with E-state index in [-0.39, 0.29) is 0 Å². The Morgan fingerprint density at radius 1 is 1.42 bits per heavy atom. The molecule has 2 atom stereocenters. The molecule has 0 bridgehead atoms. The van der Waals surface area contributed by atoms with Crippen molar-refractivity contribution in [1.29, 1.82) is 0 Å². The number of benzene rings is 1. The monoisotopic (exact) mass is 259 g/mol. The van der Waals surface area contributed by atoms with Crippen LogP contribution in [-0.4, -0.2) is 30.5 Å². The molecule has 1 saturated heterocycles. The highest BCUT2D eigenvalue weighted by Crippen LogP contribution is 2.44. The average molecular weight is 259 g/mol. The fourth-order valence-electron chi connectivity index (χ4n) is 3.73. The first-order valence-electron chi connectivity index (χ1n) is 7.21. The van der Waals surface area contributed by atoms with E-state index < -0.39 is 0 Å². The van der Waals surface area contributed by atoms with Gasteiger partial charge in [0.2, 0.25) is 5.91 Å². The summed E-state index contributed by atoms with van der Waals surface area (Å²) < 4.78 is 5.46. The van der Waals surface area contributed by atoms with E-state index in [0.29, 0.717) is 24.3 Å². The summed E-state index contributed by atoms with van der Waals surface area (Å²) in [5.41, 5.74) is 2.65. The predicted octanol–water partition coefficient (Wildman–Crippen LogP) is 2.74. The predicted molar refractivity (Wildman–Crippen MR) is 74.5 cm³/mol. The summed E-state index contributed by atoms with van der Waals surface area (Å²) in [5.74, 6) is 1.68. The number of likely N-dealkylation sites (tertiary alicyclic amines) is 1. The van der Waals surface area contributed by atoms with Crippen molar-refractivity contribution in [3.8, 4) is 5.75 Å². The molecule has 3 heteroatoms. The number of hydrogen-bond donors (Lipinski definition) is 0. The minimum Gasteiger partial charge on any atom is -0.496 e. The van der Waals surface area contributed by atoms with Gasteiger partial charge in [0.25, 0.3) is 0 Å². The Labute approximate surface area is 114 Å². The molecule has 0 N–H and O–H groups in total. The molecule has 1 amide bonds.